The first kappa shape index (κ1) is 24.2. The molecule has 0 aliphatic rings. The molecule has 0 radical (unpaired) electrons. The molecule has 1 aromatic heterocycles. The molecule has 0 saturated heterocycles. The number of methoxy groups -OCH3 is 2. The molecule has 0 saturated carbocycles. The second kappa shape index (κ2) is 12.0. The largest absolute Gasteiger partial charge is 0.493 e. The molecule has 1 N–H and O–H groups in total. The van der Waals surface area contributed by atoms with Gasteiger partial charge in [-0.15, -0.1) is 0 Å². The van der Waals surface area contributed by atoms with Gasteiger partial charge in [0.05, 0.1) is 39.1 Å². The van der Waals surface area contributed by atoms with Crippen LogP contribution in [0.5, 0.6) is 11.5 Å². The van der Waals surface area contributed by atoms with Gasteiger partial charge < -0.3 is 19.5 Å². The molecular weight excluding hydrogens is 427 g/mol. The summed E-state index contributed by atoms with van der Waals surface area (Å²) in [4.78, 5) is 10.4. The maximum Gasteiger partial charge on any atom is 0.161 e. The minimum absolute atomic E-state index is 0.196. The van der Waals surface area contributed by atoms with Crippen molar-refractivity contribution in [1.82, 2.24) is 9.78 Å². The lowest BCUT2D eigenvalue weighted by molar-refractivity contribution is 0.184. The van der Waals surface area contributed by atoms with Gasteiger partial charge in [0, 0.05) is 30.8 Å². The second-order valence-corrected chi connectivity index (χ2v) is 7.33. The smallest absolute Gasteiger partial charge is 0.161 e. The highest BCUT2D eigenvalue weighted by Crippen LogP contribution is 2.37. The quantitative estimate of drug-likeness (QED) is 0.282. The topological polar surface area (TPSA) is 87.0 Å². The summed E-state index contributed by atoms with van der Waals surface area (Å²) >= 11 is 0. The summed E-state index contributed by atoms with van der Waals surface area (Å²) in [5, 5.41) is 10.7. The van der Waals surface area contributed by atoms with Crippen molar-refractivity contribution < 1.29 is 18.6 Å². The van der Waals surface area contributed by atoms with E-state index >= 15 is 0 Å². The van der Waals surface area contributed by atoms with Gasteiger partial charge >= 0.3 is 0 Å². The average molecular weight is 457 g/mol. The number of aromatic nitrogens is 2. The lowest BCUT2D eigenvalue weighted by Crippen LogP contribution is -2.09. The molecule has 0 bridgehead atoms. The van der Waals surface area contributed by atoms with Crippen molar-refractivity contribution in [2.45, 2.75) is 26.3 Å². The highest BCUT2D eigenvalue weighted by molar-refractivity contribution is 5.72. The van der Waals surface area contributed by atoms with Gasteiger partial charge in [0.25, 0.3) is 0 Å². The average Bonchev–Trinajstić information content (AvgIpc) is 3.22. The van der Waals surface area contributed by atoms with Crippen LogP contribution < -0.4 is 14.8 Å². The predicted octanol–water partition coefficient (Wildman–Crippen LogP) is 5.19. The van der Waals surface area contributed by atoms with Crippen molar-refractivity contribution in [3.8, 4) is 22.8 Å². The highest BCUT2D eigenvalue weighted by Gasteiger charge is 2.18. The number of anilines is 2. The van der Waals surface area contributed by atoms with E-state index in [-0.39, 0.29) is 12.4 Å². The molecule has 9 heteroatoms. The Morgan fingerprint density at radius 2 is 1.97 bits per heavy atom. The molecule has 0 spiro atoms. The van der Waals surface area contributed by atoms with E-state index in [1.165, 1.54) is 12.1 Å². The molecule has 8 nitrogen and oxygen atoms in total. The highest BCUT2D eigenvalue weighted by atomic mass is 19.1. The standard InChI is InChI=1S/C24H29FN4O4/c1-4-17-13-22(32-3)23(33-11-6-9-26-30)15-20(17)21-16-24(28-29(21)10-12-31-2)27-19-8-5-7-18(25)14-19/h5,7-8,13-16H,4,6,9-12H2,1-3H3,(H,27,28). The van der Waals surface area contributed by atoms with E-state index in [0.29, 0.717) is 49.2 Å². The zero-order valence-corrected chi connectivity index (χ0v) is 19.1. The molecule has 33 heavy (non-hydrogen) atoms. The van der Waals surface area contributed by atoms with E-state index in [1.54, 1.807) is 26.4 Å². The number of nitroso groups, excluding NO2 is 1. The molecule has 3 aromatic rings. The third kappa shape index (κ3) is 6.29. The number of nitrogens with zero attached hydrogens (tertiary/aromatic N) is 3. The van der Waals surface area contributed by atoms with Gasteiger partial charge in [0.1, 0.15) is 5.82 Å². The van der Waals surface area contributed by atoms with Gasteiger partial charge in [-0.2, -0.15) is 10.0 Å². The van der Waals surface area contributed by atoms with Gasteiger partial charge in [-0.3, -0.25) is 4.68 Å². The van der Waals surface area contributed by atoms with Gasteiger partial charge in [0.15, 0.2) is 17.3 Å². The first-order valence-electron chi connectivity index (χ1n) is 10.8. The summed E-state index contributed by atoms with van der Waals surface area (Å²) < 4.78 is 32.2. The number of ether oxygens (including phenoxy) is 3. The Morgan fingerprint density at radius 1 is 1.12 bits per heavy atom. The number of rotatable bonds is 13. The maximum absolute atomic E-state index is 13.6. The molecule has 2 aromatic carbocycles. The zero-order chi connectivity index (χ0) is 23.6. The van der Waals surface area contributed by atoms with Crippen LogP contribution in [0.15, 0.2) is 47.6 Å². The molecule has 1 heterocycles. The number of hydrogen-bond acceptors (Lipinski definition) is 7. The minimum atomic E-state index is -0.325. The first-order valence-corrected chi connectivity index (χ1v) is 10.8. The zero-order valence-electron chi connectivity index (χ0n) is 19.1. The lowest BCUT2D eigenvalue weighted by atomic mass is 10.0. The van der Waals surface area contributed by atoms with E-state index in [9.17, 15) is 9.30 Å². The summed E-state index contributed by atoms with van der Waals surface area (Å²) in [6, 6.07) is 12.0. The normalized spacial score (nSPS) is 10.8. The van der Waals surface area contributed by atoms with E-state index < -0.39 is 0 Å². The third-order valence-electron chi connectivity index (χ3n) is 5.08. The van der Waals surface area contributed by atoms with Crippen LogP contribution >= 0.6 is 0 Å². The summed E-state index contributed by atoms with van der Waals surface area (Å²) in [7, 11) is 3.23. The van der Waals surface area contributed by atoms with Crippen molar-refractivity contribution in [2.75, 3.05) is 39.3 Å². The molecule has 0 unspecified atom stereocenters. The fraction of sp³-hybridized carbons (Fsp3) is 0.375. The SMILES string of the molecule is CCc1cc(OC)c(OCCCN=O)cc1-c1cc(Nc2cccc(F)c2)nn1CCOC. The molecule has 0 atom stereocenters. The van der Waals surface area contributed by atoms with E-state index in [1.807, 2.05) is 22.9 Å². The van der Waals surface area contributed by atoms with Gasteiger partial charge in [-0.1, -0.05) is 18.2 Å². The number of halogens is 1. The summed E-state index contributed by atoms with van der Waals surface area (Å²) in [5.74, 6) is 1.46. The first-order chi connectivity index (χ1) is 16.1. The minimum Gasteiger partial charge on any atom is -0.493 e. The monoisotopic (exact) mass is 456 g/mol. The second-order valence-electron chi connectivity index (χ2n) is 7.33. The van der Waals surface area contributed by atoms with Crippen molar-refractivity contribution in [3.05, 3.63) is 58.8 Å². The fourth-order valence-electron chi connectivity index (χ4n) is 3.47. The Hall–Kier alpha value is -3.46. The van der Waals surface area contributed by atoms with Crippen LogP contribution in [-0.2, 0) is 17.7 Å². The van der Waals surface area contributed by atoms with Crippen LogP contribution in [0.2, 0.25) is 0 Å². The molecule has 176 valence electrons. The number of nitrogens with one attached hydrogen (secondary N) is 1. The predicted molar refractivity (Wildman–Crippen MR) is 126 cm³/mol. The Morgan fingerprint density at radius 3 is 2.67 bits per heavy atom. The summed E-state index contributed by atoms with van der Waals surface area (Å²) in [5.41, 5.74) is 3.48. The van der Waals surface area contributed by atoms with Gasteiger partial charge in [0.2, 0.25) is 0 Å². The van der Waals surface area contributed by atoms with Crippen LogP contribution in [0.25, 0.3) is 11.3 Å². The Labute approximate surface area is 192 Å². The van der Waals surface area contributed by atoms with Crippen molar-refractivity contribution in [1.29, 1.82) is 0 Å². The van der Waals surface area contributed by atoms with Gasteiger partial charge in [-0.05, 0) is 42.3 Å². The Bertz CT molecular complexity index is 1070. The van der Waals surface area contributed by atoms with Crippen molar-refractivity contribution in [2.24, 2.45) is 5.18 Å². The summed E-state index contributed by atoms with van der Waals surface area (Å²) in [6.07, 6.45) is 1.29. The van der Waals surface area contributed by atoms with Crippen LogP contribution in [0.4, 0.5) is 15.9 Å². The maximum atomic E-state index is 13.6. The number of aryl methyl sites for hydroxylation is 1. The lowest BCUT2D eigenvalue weighted by Gasteiger charge is -2.16. The van der Waals surface area contributed by atoms with Crippen molar-refractivity contribution in [3.63, 3.8) is 0 Å². The molecule has 3 rings (SSSR count). The molecule has 0 aliphatic carbocycles. The van der Waals surface area contributed by atoms with Crippen LogP contribution in [0.1, 0.15) is 18.9 Å². The van der Waals surface area contributed by atoms with Crippen LogP contribution in [0, 0.1) is 10.7 Å². The molecule has 0 fully saturated rings. The number of hydrogen-bond donors (Lipinski definition) is 1. The van der Waals surface area contributed by atoms with E-state index in [4.69, 9.17) is 14.2 Å². The van der Waals surface area contributed by atoms with Crippen LogP contribution in [0.3, 0.4) is 0 Å². The van der Waals surface area contributed by atoms with Crippen LogP contribution in [-0.4, -0.2) is 43.8 Å². The molecule has 0 aliphatic heterocycles. The third-order valence-corrected chi connectivity index (χ3v) is 5.08. The Kier molecular flexibility index (Phi) is 8.77. The van der Waals surface area contributed by atoms with E-state index in [2.05, 4.69) is 22.5 Å². The molecular formula is C24H29FN4O4. The number of benzene rings is 2. The fourth-order valence-corrected chi connectivity index (χ4v) is 3.47. The Balaban J connectivity index is 2.00. The van der Waals surface area contributed by atoms with Crippen molar-refractivity contribution >= 4 is 11.5 Å². The van der Waals surface area contributed by atoms with Gasteiger partial charge in [-0.25, -0.2) is 4.39 Å². The summed E-state index contributed by atoms with van der Waals surface area (Å²) in [6.45, 7) is 3.63. The molecule has 0 amide bonds. The van der Waals surface area contributed by atoms with E-state index in [0.717, 1.165) is 23.2 Å².